The molecule has 0 saturated heterocycles. The van der Waals surface area contributed by atoms with Gasteiger partial charge in [0.1, 0.15) is 66.5 Å². The second-order valence-corrected chi connectivity index (χ2v) is 29.1. The van der Waals surface area contributed by atoms with Crippen molar-refractivity contribution in [3.8, 4) is 0 Å². The molecule has 0 fully saturated rings. The smallest absolute Gasteiger partial charge is 0.243 e. The Morgan fingerprint density at radius 2 is 0.709 bits per heavy atom. The molecule has 15 amide bonds. The Kier molecular flexibility index (Phi) is 45.9. The van der Waals surface area contributed by atoms with Crippen molar-refractivity contribution in [2.75, 3.05) is 39.3 Å². The van der Waals surface area contributed by atoms with Gasteiger partial charge in [0, 0.05) is 32.4 Å². The van der Waals surface area contributed by atoms with Crippen LogP contribution in [0.3, 0.4) is 0 Å². The predicted molar refractivity (Wildman–Crippen MR) is 438 cm³/mol. The number of amides is 15. The summed E-state index contributed by atoms with van der Waals surface area (Å²) in [4.78, 5) is 207. The van der Waals surface area contributed by atoms with Gasteiger partial charge in [-0.3, -0.25) is 82.7 Å². The van der Waals surface area contributed by atoms with Crippen LogP contribution in [-0.2, 0) is 91.2 Å². The van der Waals surface area contributed by atoms with Crippen molar-refractivity contribution in [3.63, 3.8) is 0 Å². The molecule has 0 aliphatic carbocycles. The van der Waals surface area contributed by atoms with E-state index in [9.17, 15) is 71.9 Å². The number of carbonyl (C=O) groups is 15. The van der Waals surface area contributed by atoms with Crippen LogP contribution in [0.4, 0.5) is 0 Å². The monoisotopic (exact) mass is 1640 g/mol. The van der Waals surface area contributed by atoms with Crippen molar-refractivity contribution in [1.29, 1.82) is 10.8 Å². The normalized spacial score (nSPS) is 14.3. The number of primary amides is 2. The molecule has 646 valence electrons. The lowest BCUT2D eigenvalue weighted by Crippen LogP contribution is -2.60. The first-order valence-electron chi connectivity index (χ1n) is 39.4. The Labute approximate surface area is 682 Å². The van der Waals surface area contributed by atoms with Crippen LogP contribution in [0.2, 0.25) is 0 Å². The quantitative estimate of drug-likeness (QED) is 0.0143. The summed E-state index contributed by atoms with van der Waals surface area (Å²) in [5.41, 5.74) is 41.7. The van der Waals surface area contributed by atoms with Crippen molar-refractivity contribution < 1.29 is 71.9 Å². The number of nitrogens with one attached hydrogen (secondary N) is 17. The van der Waals surface area contributed by atoms with E-state index in [1.807, 2.05) is 6.07 Å². The van der Waals surface area contributed by atoms with Gasteiger partial charge < -0.3 is 120 Å². The summed E-state index contributed by atoms with van der Waals surface area (Å²) in [6.45, 7) is 8.85. The van der Waals surface area contributed by atoms with Crippen molar-refractivity contribution in [1.82, 2.24) is 79.8 Å². The zero-order chi connectivity index (χ0) is 87.1. The summed E-state index contributed by atoms with van der Waals surface area (Å²) in [5.74, 6) is -14.2. The third kappa shape index (κ3) is 39.8. The van der Waals surface area contributed by atoms with Gasteiger partial charge in [-0.1, -0.05) is 125 Å². The Morgan fingerprint density at radius 3 is 1.15 bits per heavy atom. The van der Waals surface area contributed by atoms with Crippen molar-refractivity contribution in [2.45, 2.75) is 223 Å². The maximum atomic E-state index is 14.6. The van der Waals surface area contributed by atoms with E-state index in [-0.39, 0.29) is 115 Å². The van der Waals surface area contributed by atoms with E-state index in [1.165, 1.54) is 13.8 Å². The van der Waals surface area contributed by atoms with Gasteiger partial charge in [-0.2, -0.15) is 0 Å². The highest BCUT2D eigenvalue weighted by molar-refractivity contribution is 6.00. The number of guanidine groups is 2. The first-order valence-corrected chi connectivity index (χ1v) is 39.4. The van der Waals surface area contributed by atoms with Crippen LogP contribution in [-0.4, -0.2) is 212 Å². The lowest BCUT2D eigenvalue weighted by Gasteiger charge is -2.29. The number of benzene rings is 3. The Morgan fingerprint density at radius 1 is 0.350 bits per heavy atom. The maximum Gasteiger partial charge on any atom is 0.243 e. The lowest BCUT2D eigenvalue weighted by atomic mass is 9.96. The average Bonchev–Trinajstić information content (AvgIpc) is 0.856. The molecule has 3 aromatic rings. The summed E-state index contributed by atoms with van der Waals surface area (Å²) in [6.07, 6.45) is 0.891. The van der Waals surface area contributed by atoms with Gasteiger partial charge in [-0.25, -0.2) is 0 Å². The van der Waals surface area contributed by atoms with Gasteiger partial charge in [-0.15, -0.1) is 0 Å². The van der Waals surface area contributed by atoms with E-state index in [2.05, 4.69) is 79.8 Å². The number of hydrogen-bond donors (Lipinski definition) is 24. The molecule has 31 N–H and O–H groups in total. The molecule has 0 radical (unpaired) electrons. The molecule has 0 spiro atoms. The number of carbonyl (C=O) groups excluding carboxylic acids is 15. The molecule has 0 aliphatic heterocycles. The summed E-state index contributed by atoms with van der Waals surface area (Å²) < 4.78 is 0. The fourth-order valence-corrected chi connectivity index (χ4v) is 12.0. The molecule has 3 aromatic carbocycles. The fraction of sp³-hybridized carbons (Fsp3) is 0.551. The largest absolute Gasteiger partial charge is 0.370 e. The third-order valence-electron chi connectivity index (χ3n) is 18.7. The minimum atomic E-state index is -1.58. The van der Waals surface area contributed by atoms with Crippen LogP contribution >= 0.6 is 0 Å². The summed E-state index contributed by atoms with van der Waals surface area (Å²) in [5, 5.41) is 54.4. The van der Waals surface area contributed by atoms with E-state index in [0.717, 1.165) is 5.56 Å². The van der Waals surface area contributed by atoms with Crippen LogP contribution in [0.25, 0.3) is 0 Å². The summed E-state index contributed by atoms with van der Waals surface area (Å²) >= 11 is 0. The zero-order valence-corrected chi connectivity index (χ0v) is 67.7. The highest BCUT2D eigenvalue weighted by atomic mass is 16.2. The maximum absolute atomic E-state index is 14.6. The molecule has 0 bridgehead atoms. The molecule has 117 heavy (non-hydrogen) atoms. The summed E-state index contributed by atoms with van der Waals surface area (Å²) in [7, 11) is 0. The van der Waals surface area contributed by atoms with Crippen LogP contribution < -0.4 is 120 Å². The van der Waals surface area contributed by atoms with Crippen LogP contribution in [0.15, 0.2) is 91.0 Å². The van der Waals surface area contributed by atoms with Crippen LogP contribution in [0.5, 0.6) is 0 Å². The van der Waals surface area contributed by atoms with Gasteiger partial charge in [0.25, 0.3) is 0 Å². The zero-order valence-electron chi connectivity index (χ0n) is 67.7. The minimum Gasteiger partial charge on any atom is -0.370 e. The molecule has 0 unspecified atom stereocenters. The topological polar surface area (TPSA) is 666 Å². The minimum absolute atomic E-state index is 0.00483. The van der Waals surface area contributed by atoms with E-state index < -0.39 is 193 Å². The molecule has 0 aromatic heterocycles. The number of hydrogen-bond acceptors (Lipinski definition) is 20. The Balaban J connectivity index is 1.84. The number of nitrogens with two attached hydrogens (primary N) is 7. The predicted octanol–water partition coefficient (Wildman–Crippen LogP) is -4.73. The van der Waals surface area contributed by atoms with Gasteiger partial charge >= 0.3 is 0 Å². The molecule has 13 atom stereocenters. The Hall–Kier alpha value is -11.9. The second-order valence-electron chi connectivity index (χ2n) is 29.1. The lowest BCUT2D eigenvalue weighted by molar-refractivity contribution is -0.136. The Bertz CT molecular complexity index is 3750. The van der Waals surface area contributed by atoms with Gasteiger partial charge in [-0.05, 0) is 139 Å². The van der Waals surface area contributed by atoms with Gasteiger partial charge in [0.2, 0.25) is 88.6 Å². The van der Waals surface area contributed by atoms with Gasteiger partial charge in [0.15, 0.2) is 11.9 Å². The van der Waals surface area contributed by atoms with Crippen LogP contribution in [0.1, 0.15) is 148 Å². The van der Waals surface area contributed by atoms with E-state index >= 15 is 0 Å². The van der Waals surface area contributed by atoms with Crippen LogP contribution in [0, 0.1) is 22.7 Å². The molecule has 39 heteroatoms. The first kappa shape index (κ1) is 99.3. The van der Waals surface area contributed by atoms with Gasteiger partial charge in [0.05, 0.1) is 19.1 Å². The average molecular weight is 1640 g/mol. The SMILES string of the molecule is CC[C@H](C)[C@H](NC(=O)[C@H](CCCCN)NC(=O)[C@H](CCC(N)=O)NC(=O)CNC(=O)[C@H](C)NC(=O)[C@H](CCCCN)NC(=O)[C@H](CC(C)C)NC(=O)[C@H](CCCNC(=N)N)NC(=O)[C@H](Cc1ccccc1)NC(=O)[C@H](C)NC(=O)[C@@H](N)Cc1ccccc1)C(=O)N[C@@H](CCCNC(=N)N)C(=O)N[C@@H](Cc1ccccc1)C(=O)NCC(N)=O. The van der Waals surface area contributed by atoms with E-state index in [0.29, 0.717) is 36.8 Å². The molecule has 0 heterocycles. The number of rotatable bonds is 56. The van der Waals surface area contributed by atoms with E-state index in [4.69, 9.17) is 51.0 Å². The molecule has 3 rings (SSSR count). The molecule has 39 nitrogen and oxygen atoms in total. The van der Waals surface area contributed by atoms with Crippen molar-refractivity contribution >= 4 is 101 Å². The standard InChI is InChI=1S/C78H124N24O15/c1-7-46(4)64(76(117)98-56(32-22-38-89-78(86)87)71(112)101-59(68(109)90-43-62(83)104)41-50-25-13-9-14-26-50)102-73(114)54(30-18-20-36-80)95-72(113)57(33-34-61(82)103)94-63(105)44-91-65(106)47(5)93-69(110)53(29-17-19-35-79)96-74(115)58(39-45(2)3)100-70(111)55(31-21-37-88-77(84)85)97-75(116)60(42-51-27-15-10-16-28-51)99-66(107)48(6)92-67(108)52(81)40-49-23-11-8-12-24-49/h8-16,23-28,45-48,52-60,64H,7,17-22,29-44,79-81H2,1-6H3,(H2,82,103)(H2,83,104)(H,90,109)(H,91,106)(H,92,108)(H,93,110)(H,94,105)(H,95,113)(H,96,115)(H,97,116)(H,98,117)(H,99,107)(H,100,111)(H,101,112)(H,102,114)(H4,84,85,88)(H4,86,87,89)/t46-,47-,48-,52-,53-,54-,55-,56-,57-,58-,59-,60-,64-/m0/s1. The summed E-state index contributed by atoms with van der Waals surface area (Å²) in [6, 6.07) is 10.3. The van der Waals surface area contributed by atoms with Crippen molar-refractivity contribution in [3.05, 3.63) is 108 Å². The molecule has 0 aliphatic rings. The van der Waals surface area contributed by atoms with Crippen molar-refractivity contribution in [2.24, 2.45) is 52.0 Å². The third-order valence-corrected chi connectivity index (χ3v) is 18.7. The second kappa shape index (κ2) is 54.1. The number of unbranched alkanes of at least 4 members (excludes halogenated alkanes) is 2. The first-order chi connectivity index (χ1) is 55.5. The molecule has 0 saturated carbocycles. The molecular weight excluding hydrogens is 1510 g/mol. The molecular formula is C78H124N24O15. The fourth-order valence-electron chi connectivity index (χ4n) is 12.0. The highest BCUT2D eigenvalue weighted by Crippen LogP contribution is 2.16. The van der Waals surface area contributed by atoms with E-state index in [1.54, 1.807) is 113 Å². The highest BCUT2D eigenvalue weighted by Gasteiger charge is 2.37.